The van der Waals surface area contributed by atoms with Crippen molar-refractivity contribution >= 4 is 5.91 Å². The molecule has 0 aromatic heterocycles. The van der Waals surface area contributed by atoms with Crippen LogP contribution in [0.3, 0.4) is 0 Å². The van der Waals surface area contributed by atoms with Gasteiger partial charge < -0.3 is 15.5 Å². The van der Waals surface area contributed by atoms with Crippen molar-refractivity contribution in [2.24, 2.45) is 17.8 Å². The summed E-state index contributed by atoms with van der Waals surface area (Å²) in [6.45, 7) is 1.77. The van der Waals surface area contributed by atoms with E-state index in [0.29, 0.717) is 17.8 Å². The van der Waals surface area contributed by atoms with Crippen LogP contribution in [-0.4, -0.2) is 34.9 Å². The Hall–Kier alpha value is -0.610. The van der Waals surface area contributed by atoms with E-state index in [1.807, 2.05) is 0 Å². The fraction of sp³-hybridized carbons (Fsp3) is 0.923. The van der Waals surface area contributed by atoms with E-state index in [4.69, 9.17) is 5.11 Å². The van der Waals surface area contributed by atoms with E-state index in [9.17, 15) is 9.90 Å². The summed E-state index contributed by atoms with van der Waals surface area (Å²) in [7, 11) is 0. The van der Waals surface area contributed by atoms with Crippen LogP contribution < -0.4 is 5.32 Å². The van der Waals surface area contributed by atoms with Crippen LogP contribution in [0.1, 0.15) is 39.0 Å². The van der Waals surface area contributed by atoms with Crippen molar-refractivity contribution in [1.82, 2.24) is 5.32 Å². The Morgan fingerprint density at radius 3 is 2.76 bits per heavy atom. The Morgan fingerprint density at radius 2 is 2.12 bits per heavy atom. The maximum Gasteiger partial charge on any atom is 0.217 e. The van der Waals surface area contributed by atoms with Gasteiger partial charge in [-0.3, -0.25) is 4.79 Å². The molecule has 0 saturated heterocycles. The van der Waals surface area contributed by atoms with Gasteiger partial charge >= 0.3 is 0 Å². The van der Waals surface area contributed by atoms with Crippen molar-refractivity contribution in [2.75, 3.05) is 6.61 Å². The lowest BCUT2D eigenvalue weighted by Crippen LogP contribution is -2.40. The highest BCUT2D eigenvalue weighted by Gasteiger charge is 2.49. The van der Waals surface area contributed by atoms with Crippen LogP contribution in [0.25, 0.3) is 0 Å². The Labute approximate surface area is 102 Å². The van der Waals surface area contributed by atoms with E-state index in [-0.39, 0.29) is 24.7 Å². The van der Waals surface area contributed by atoms with Crippen LogP contribution in [0, 0.1) is 17.8 Å². The first-order chi connectivity index (χ1) is 8.13. The number of amides is 1. The summed E-state index contributed by atoms with van der Waals surface area (Å²) >= 11 is 0. The van der Waals surface area contributed by atoms with Crippen LogP contribution in [0.15, 0.2) is 0 Å². The number of hydrogen-bond donors (Lipinski definition) is 3. The molecule has 0 heterocycles. The van der Waals surface area contributed by atoms with Gasteiger partial charge in [0.2, 0.25) is 5.91 Å². The van der Waals surface area contributed by atoms with Gasteiger partial charge in [-0.2, -0.15) is 0 Å². The lowest BCUT2D eigenvalue weighted by Gasteiger charge is -2.24. The van der Waals surface area contributed by atoms with Crippen molar-refractivity contribution in [2.45, 2.75) is 51.2 Å². The van der Waals surface area contributed by atoms with Crippen LogP contribution in [-0.2, 0) is 4.79 Å². The Kier molecular flexibility index (Phi) is 4.05. The summed E-state index contributed by atoms with van der Waals surface area (Å²) in [5.41, 5.74) is 0. The van der Waals surface area contributed by atoms with Crippen molar-refractivity contribution in [3.63, 3.8) is 0 Å². The predicted octanol–water partition coefficient (Wildman–Crippen LogP) is 0.671. The van der Waals surface area contributed by atoms with E-state index < -0.39 is 0 Å². The van der Waals surface area contributed by atoms with E-state index in [1.165, 1.54) is 0 Å². The molecule has 0 spiro atoms. The summed E-state index contributed by atoms with van der Waals surface area (Å²) < 4.78 is 0. The van der Waals surface area contributed by atoms with Gasteiger partial charge in [0.05, 0.1) is 6.10 Å². The topological polar surface area (TPSA) is 69.6 Å². The number of carbonyl (C=O) groups excluding carboxylic acids is 1. The molecule has 2 fully saturated rings. The van der Waals surface area contributed by atoms with Gasteiger partial charge in [0.15, 0.2) is 0 Å². The van der Waals surface area contributed by atoms with Crippen LogP contribution >= 0.6 is 0 Å². The highest BCUT2D eigenvalue weighted by molar-refractivity contribution is 5.73. The molecule has 2 saturated carbocycles. The van der Waals surface area contributed by atoms with Gasteiger partial charge in [-0.15, -0.1) is 0 Å². The number of nitrogens with one attached hydrogen (secondary N) is 1. The van der Waals surface area contributed by atoms with E-state index >= 15 is 0 Å². The molecule has 2 aliphatic rings. The molecule has 0 aromatic rings. The normalized spacial score (nSPS) is 40.3. The van der Waals surface area contributed by atoms with Crippen molar-refractivity contribution in [3.05, 3.63) is 0 Å². The lowest BCUT2D eigenvalue weighted by atomic mass is 9.92. The highest BCUT2D eigenvalue weighted by Crippen LogP contribution is 2.48. The summed E-state index contributed by atoms with van der Waals surface area (Å²) in [6, 6.07) is 0.209. The standard InChI is InChI=1S/C13H23NO3/c1-8(16)14-13-9(3-2-6-15)7-11-10(13)4-5-12(11)17/h9-13,15,17H,2-7H2,1H3,(H,14,16)/t9-,10?,11?,12?,13?/m0/s1. The molecule has 2 aliphatic carbocycles. The van der Waals surface area contributed by atoms with Gasteiger partial charge in [-0.25, -0.2) is 0 Å². The third-order valence-corrected chi connectivity index (χ3v) is 4.49. The largest absolute Gasteiger partial charge is 0.396 e. The maximum atomic E-state index is 11.3. The zero-order valence-electron chi connectivity index (χ0n) is 10.4. The number of rotatable bonds is 4. The van der Waals surface area contributed by atoms with Crippen molar-refractivity contribution in [1.29, 1.82) is 0 Å². The average molecular weight is 241 g/mol. The van der Waals surface area contributed by atoms with Gasteiger partial charge in [0.25, 0.3) is 0 Å². The molecule has 2 rings (SSSR count). The molecule has 4 nitrogen and oxygen atoms in total. The van der Waals surface area contributed by atoms with Crippen LogP contribution in [0.5, 0.6) is 0 Å². The molecule has 0 aromatic carbocycles. The third-order valence-electron chi connectivity index (χ3n) is 4.49. The zero-order valence-corrected chi connectivity index (χ0v) is 10.4. The molecule has 5 atom stereocenters. The SMILES string of the molecule is CC(=O)NC1C2CCC(O)C2C[C@@H]1CCCO. The predicted molar refractivity (Wildman–Crippen MR) is 64.3 cm³/mol. The summed E-state index contributed by atoms with van der Waals surface area (Å²) in [4.78, 5) is 11.3. The monoisotopic (exact) mass is 241 g/mol. The smallest absolute Gasteiger partial charge is 0.217 e. The second kappa shape index (κ2) is 5.36. The molecule has 0 bridgehead atoms. The van der Waals surface area contributed by atoms with E-state index in [0.717, 1.165) is 32.1 Å². The highest BCUT2D eigenvalue weighted by atomic mass is 16.3. The first kappa shape index (κ1) is 12.8. The molecule has 98 valence electrons. The zero-order chi connectivity index (χ0) is 12.4. The minimum absolute atomic E-state index is 0.0195. The van der Waals surface area contributed by atoms with Gasteiger partial charge in [-0.05, 0) is 49.9 Å². The Morgan fingerprint density at radius 1 is 1.35 bits per heavy atom. The van der Waals surface area contributed by atoms with Crippen molar-refractivity contribution in [3.8, 4) is 0 Å². The molecular weight excluding hydrogens is 218 g/mol. The molecular formula is C13H23NO3. The first-order valence-corrected chi connectivity index (χ1v) is 6.69. The quantitative estimate of drug-likeness (QED) is 0.677. The molecule has 0 aliphatic heterocycles. The number of fused-ring (bicyclic) bond motifs is 1. The first-order valence-electron chi connectivity index (χ1n) is 6.69. The lowest BCUT2D eigenvalue weighted by molar-refractivity contribution is -0.120. The molecule has 4 unspecified atom stereocenters. The summed E-state index contributed by atoms with van der Waals surface area (Å²) in [5, 5.41) is 21.9. The van der Waals surface area contributed by atoms with Gasteiger partial charge in [0, 0.05) is 19.6 Å². The molecule has 4 heteroatoms. The summed E-state index contributed by atoms with van der Waals surface area (Å²) in [5.74, 6) is 1.25. The number of aliphatic hydroxyl groups excluding tert-OH is 2. The second-order valence-corrected chi connectivity index (χ2v) is 5.56. The minimum atomic E-state index is -0.185. The van der Waals surface area contributed by atoms with Gasteiger partial charge in [-0.1, -0.05) is 0 Å². The number of aliphatic hydroxyl groups is 2. The van der Waals surface area contributed by atoms with E-state index in [1.54, 1.807) is 6.92 Å². The maximum absolute atomic E-state index is 11.3. The van der Waals surface area contributed by atoms with Gasteiger partial charge in [0.1, 0.15) is 0 Å². The van der Waals surface area contributed by atoms with Crippen molar-refractivity contribution < 1.29 is 15.0 Å². The second-order valence-electron chi connectivity index (χ2n) is 5.56. The number of hydrogen-bond acceptors (Lipinski definition) is 3. The fourth-order valence-electron chi connectivity index (χ4n) is 3.81. The number of carbonyl (C=O) groups is 1. The molecule has 17 heavy (non-hydrogen) atoms. The Balaban J connectivity index is 2.02. The fourth-order valence-corrected chi connectivity index (χ4v) is 3.81. The van der Waals surface area contributed by atoms with Crippen LogP contribution in [0.2, 0.25) is 0 Å². The molecule has 0 radical (unpaired) electrons. The minimum Gasteiger partial charge on any atom is -0.396 e. The molecule has 3 N–H and O–H groups in total. The molecule has 1 amide bonds. The van der Waals surface area contributed by atoms with E-state index in [2.05, 4.69) is 5.32 Å². The Bertz CT molecular complexity index is 282. The average Bonchev–Trinajstić information content (AvgIpc) is 2.78. The third kappa shape index (κ3) is 2.63. The van der Waals surface area contributed by atoms with Crippen LogP contribution in [0.4, 0.5) is 0 Å². The summed E-state index contributed by atoms with van der Waals surface area (Å²) in [6.07, 6.45) is 4.44.